The topological polar surface area (TPSA) is 66.8 Å². The van der Waals surface area contributed by atoms with Crippen LogP contribution >= 0.6 is 0 Å². The molecule has 0 fully saturated rings. The number of para-hydroxylation sites is 1. The number of hydrogen-bond donors (Lipinski definition) is 1. The van der Waals surface area contributed by atoms with Crippen molar-refractivity contribution in [2.24, 2.45) is 0 Å². The Kier molecular flexibility index (Phi) is 6.75. The number of nitrogens with one attached hydrogen (secondary N) is 1. The van der Waals surface area contributed by atoms with E-state index in [1.807, 2.05) is 36.5 Å². The summed E-state index contributed by atoms with van der Waals surface area (Å²) in [6.45, 7) is 9.64. The standard InChI is InChI=1S/C23H30N6/c1-16(2)19-7-6-8-20(17(3)4)22(19)26-21-15-25-28-23(27-21)29(5)14-11-18-9-12-24-13-10-18/h6-10,12-13,15-17H,11,14H2,1-5H3,(H,26,27,28). The van der Waals surface area contributed by atoms with Crippen molar-refractivity contribution < 1.29 is 0 Å². The Morgan fingerprint density at radius 2 is 1.62 bits per heavy atom. The molecule has 6 heteroatoms. The van der Waals surface area contributed by atoms with E-state index in [1.54, 1.807) is 6.20 Å². The minimum Gasteiger partial charge on any atom is -0.342 e. The number of rotatable bonds is 8. The predicted octanol–water partition coefficient (Wildman–Crippen LogP) is 4.94. The lowest BCUT2D eigenvalue weighted by molar-refractivity contribution is 0.810. The minimum absolute atomic E-state index is 0.411. The Balaban J connectivity index is 1.80. The van der Waals surface area contributed by atoms with Gasteiger partial charge in [0.15, 0.2) is 5.82 Å². The molecule has 0 spiro atoms. The first-order chi connectivity index (χ1) is 14.0. The van der Waals surface area contributed by atoms with Gasteiger partial charge in [0.1, 0.15) is 0 Å². The first kappa shape index (κ1) is 20.7. The first-order valence-corrected chi connectivity index (χ1v) is 10.1. The SMILES string of the molecule is CC(C)c1cccc(C(C)C)c1Nc1cnnc(N(C)CCc2ccncc2)n1. The van der Waals surface area contributed by atoms with Crippen molar-refractivity contribution in [3.05, 3.63) is 65.6 Å². The second-order valence-electron chi connectivity index (χ2n) is 7.91. The number of nitrogens with zero attached hydrogens (tertiary/aromatic N) is 5. The highest BCUT2D eigenvalue weighted by atomic mass is 15.3. The van der Waals surface area contributed by atoms with E-state index < -0.39 is 0 Å². The number of hydrogen-bond acceptors (Lipinski definition) is 6. The number of anilines is 3. The molecule has 2 aromatic heterocycles. The summed E-state index contributed by atoms with van der Waals surface area (Å²) >= 11 is 0. The second-order valence-corrected chi connectivity index (χ2v) is 7.91. The van der Waals surface area contributed by atoms with Gasteiger partial charge in [-0.3, -0.25) is 4.98 Å². The lowest BCUT2D eigenvalue weighted by atomic mass is 9.92. The maximum absolute atomic E-state index is 4.71. The van der Waals surface area contributed by atoms with Crippen LogP contribution in [0.15, 0.2) is 48.9 Å². The molecule has 0 aliphatic rings. The molecular weight excluding hydrogens is 360 g/mol. The Morgan fingerprint density at radius 1 is 0.966 bits per heavy atom. The van der Waals surface area contributed by atoms with Gasteiger partial charge < -0.3 is 10.2 Å². The molecule has 1 N–H and O–H groups in total. The van der Waals surface area contributed by atoms with E-state index in [2.05, 4.69) is 66.4 Å². The summed E-state index contributed by atoms with van der Waals surface area (Å²) in [6.07, 6.45) is 6.21. The highest BCUT2D eigenvalue weighted by molar-refractivity contribution is 5.66. The average Bonchev–Trinajstić information content (AvgIpc) is 2.72. The van der Waals surface area contributed by atoms with Gasteiger partial charge in [-0.2, -0.15) is 10.1 Å². The van der Waals surface area contributed by atoms with E-state index in [0.717, 1.165) is 18.7 Å². The summed E-state index contributed by atoms with van der Waals surface area (Å²) < 4.78 is 0. The third kappa shape index (κ3) is 5.28. The van der Waals surface area contributed by atoms with Gasteiger partial charge in [-0.25, -0.2) is 0 Å². The highest BCUT2D eigenvalue weighted by Gasteiger charge is 2.15. The van der Waals surface area contributed by atoms with Crippen LogP contribution in [0.1, 0.15) is 56.2 Å². The summed E-state index contributed by atoms with van der Waals surface area (Å²) in [7, 11) is 1.99. The third-order valence-electron chi connectivity index (χ3n) is 5.00. The zero-order valence-electron chi connectivity index (χ0n) is 17.9. The van der Waals surface area contributed by atoms with Gasteiger partial charge in [-0.15, -0.1) is 5.10 Å². The van der Waals surface area contributed by atoms with Crippen LogP contribution in [-0.4, -0.2) is 33.8 Å². The van der Waals surface area contributed by atoms with Crippen LogP contribution in [-0.2, 0) is 6.42 Å². The largest absolute Gasteiger partial charge is 0.342 e. The van der Waals surface area contributed by atoms with E-state index in [-0.39, 0.29) is 0 Å². The van der Waals surface area contributed by atoms with Crippen molar-refractivity contribution in [1.82, 2.24) is 20.2 Å². The Labute approximate surface area is 173 Å². The second kappa shape index (κ2) is 9.45. The monoisotopic (exact) mass is 390 g/mol. The van der Waals surface area contributed by atoms with Gasteiger partial charge in [0.25, 0.3) is 0 Å². The molecule has 152 valence electrons. The van der Waals surface area contributed by atoms with Gasteiger partial charge in [-0.1, -0.05) is 45.9 Å². The molecule has 3 aromatic rings. The zero-order chi connectivity index (χ0) is 20.8. The fourth-order valence-electron chi connectivity index (χ4n) is 3.29. The first-order valence-electron chi connectivity index (χ1n) is 10.1. The van der Waals surface area contributed by atoms with Crippen molar-refractivity contribution in [2.45, 2.75) is 46.0 Å². The Morgan fingerprint density at radius 3 is 2.24 bits per heavy atom. The average molecular weight is 391 g/mol. The van der Waals surface area contributed by atoms with E-state index in [9.17, 15) is 0 Å². The Bertz CT molecular complexity index is 897. The summed E-state index contributed by atoms with van der Waals surface area (Å²) in [6, 6.07) is 10.5. The van der Waals surface area contributed by atoms with Crippen molar-refractivity contribution in [1.29, 1.82) is 0 Å². The van der Waals surface area contributed by atoms with E-state index in [0.29, 0.717) is 23.6 Å². The van der Waals surface area contributed by atoms with E-state index in [1.165, 1.54) is 16.7 Å². The van der Waals surface area contributed by atoms with Crippen molar-refractivity contribution in [3.8, 4) is 0 Å². The molecule has 0 aliphatic carbocycles. The van der Waals surface area contributed by atoms with Gasteiger partial charge in [0.05, 0.1) is 6.20 Å². The molecule has 0 radical (unpaired) electrons. The number of benzene rings is 1. The number of aromatic nitrogens is 4. The van der Waals surface area contributed by atoms with Crippen LogP contribution in [0.5, 0.6) is 0 Å². The minimum atomic E-state index is 0.411. The number of pyridine rings is 1. The van der Waals surface area contributed by atoms with Crippen LogP contribution in [0.4, 0.5) is 17.5 Å². The molecule has 3 rings (SSSR count). The van der Waals surface area contributed by atoms with Gasteiger partial charge in [0.2, 0.25) is 5.95 Å². The molecule has 0 aliphatic heterocycles. The lowest BCUT2D eigenvalue weighted by Crippen LogP contribution is -2.23. The molecule has 0 atom stereocenters. The van der Waals surface area contributed by atoms with Gasteiger partial charge in [-0.05, 0) is 47.1 Å². The maximum atomic E-state index is 4.71. The van der Waals surface area contributed by atoms with Crippen LogP contribution in [0.2, 0.25) is 0 Å². The van der Waals surface area contributed by atoms with Crippen LogP contribution in [0, 0.1) is 0 Å². The van der Waals surface area contributed by atoms with Crippen LogP contribution < -0.4 is 10.2 Å². The third-order valence-corrected chi connectivity index (χ3v) is 5.00. The van der Waals surface area contributed by atoms with Crippen LogP contribution in [0.25, 0.3) is 0 Å². The fourth-order valence-corrected chi connectivity index (χ4v) is 3.29. The molecule has 0 amide bonds. The molecule has 0 saturated heterocycles. The maximum Gasteiger partial charge on any atom is 0.247 e. The smallest absolute Gasteiger partial charge is 0.247 e. The van der Waals surface area contributed by atoms with Gasteiger partial charge in [0, 0.05) is 31.7 Å². The molecule has 0 unspecified atom stereocenters. The number of likely N-dealkylation sites (N-methyl/N-ethyl adjacent to an activating group) is 1. The van der Waals surface area contributed by atoms with Crippen molar-refractivity contribution in [2.75, 3.05) is 23.8 Å². The summed E-state index contributed by atoms with van der Waals surface area (Å²) in [5.74, 6) is 2.14. The quantitative estimate of drug-likeness (QED) is 0.588. The molecule has 29 heavy (non-hydrogen) atoms. The zero-order valence-corrected chi connectivity index (χ0v) is 17.9. The molecule has 2 heterocycles. The molecular formula is C23H30N6. The molecule has 6 nitrogen and oxygen atoms in total. The van der Waals surface area contributed by atoms with E-state index in [4.69, 9.17) is 4.98 Å². The van der Waals surface area contributed by atoms with Gasteiger partial charge >= 0.3 is 0 Å². The fraction of sp³-hybridized carbons (Fsp3) is 0.391. The molecule has 1 aromatic carbocycles. The summed E-state index contributed by atoms with van der Waals surface area (Å²) in [4.78, 5) is 10.8. The predicted molar refractivity (Wildman–Crippen MR) is 119 cm³/mol. The lowest BCUT2D eigenvalue weighted by Gasteiger charge is -2.21. The summed E-state index contributed by atoms with van der Waals surface area (Å²) in [5.41, 5.74) is 4.93. The molecule has 0 saturated carbocycles. The normalized spacial score (nSPS) is 11.1. The van der Waals surface area contributed by atoms with Crippen LogP contribution in [0.3, 0.4) is 0 Å². The summed E-state index contributed by atoms with van der Waals surface area (Å²) in [5, 5.41) is 11.9. The molecule has 0 bridgehead atoms. The van der Waals surface area contributed by atoms with E-state index >= 15 is 0 Å². The van der Waals surface area contributed by atoms with Crippen molar-refractivity contribution in [3.63, 3.8) is 0 Å². The van der Waals surface area contributed by atoms with Crippen molar-refractivity contribution >= 4 is 17.5 Å². The Hall–Kier alpha value is -3.02. The highest BCUT2D eigenvalue weighted by Crippen LogP contribution is 2.34.